The van der Waals surface area contributed by atoms with Gasteiger partial charge in [0.05, 0.1) is 0 Å². The largest absolute Gasteiger partial charge is 0.330 e. The zero-order chi connectivity index (χ0) is 11.9. The summed E-state index contributed by atoms with van der Waals surface area (Å²) in [6, 6.07) is 0.742. The molecular weight excluding hydrogens is 184 g/mol. The van der Waals surface area contributed by atoms with Crippen molar-refractivity contribution in [1.29, 1.82) is 0 Å². The normalized spacial score (nSPS) is 14.6. The van der Waals surface area contributed by atoms with Gasteiger partial charge in [0.1, 0.15) is 0 Å². The third-order valence-corrected chi connectivity index (χ3v) is 3.20. The maximum Gasteiger partial charge on any atom is 0.00926 e. The number of hydrogen-bond acceptors (Lipinski definition) is 2. The highest BCUT2D eigenvalue weighted by molar-refractivity contribution is 4.78. The molecule has 0 fully saturated rings. The highest BCUT2D eigenvalue weighted by Gasteiger charge is 2.23. The van der Waals surface area contributed by atoms with Crippen molar-refractivity contribution in [3.63, 3.8) is 0 Å². The van der Waals surface area contributed by atoms with E-state index in [0.29, 0.717) is 0 Å². The van der Waals surface area contributed by atoms with Crippen LogP contribution in [0.15, 0.2) is 0 Å². The summed E-state index contributed by atoms with van der Waals surface area (Å²) in [6.45, 7) is 14.4. The van der Waals surface area contributed by atoms with E-state index in [-0.39, 0.29) is 5.41 Å². The Morgan fingerprint density at radius 3 is 2.13 bits per heavy atom. The maximum absolute atomic E-state index is 5.80. The molecule has 92 valence electrons. The van der Waals surface area contributed by atoms with Crippen LogP contribution in [0.1, 0.15) is 53.9 Å². The fourth-order valence-corrected chi connectivity index (χ4v) is 2.09. The van der Waals surface area contributed by atoms with Crippen molar-refractivity contribution in [2.45, 2.75) is 59.9 Å². The van der Waals surface area contributed by atoms with Gasteiger partial charge >= 0.3 is 0 Å². The van der Waals surface area contributed by atoms with Crippen molar-refractivity contribution >= 4 is 0 Å². The van der Waals surface area contributed by atoms with Crippen molar-refractivity contribution < 1.29 is 0 Å². The summed E-state index contributed by atoms with van der Waals surface area (Å²) >= 11 is 0. The van der Waals surface area contributed by atoms with Gasteiger partial charge in [-0.05, 0) is 31.3 Å². The quantitative estimate of drug-likeness (QED) is 0.673. The number of nitrogens with zero attached hydrogens (tertiary/aromatic N) is 1. The van der Waals surface area contributed by atoms with Gasteiger partial charge in [-0.2, -0.15) is 0 Å². The summed E-state index contributed by atoms with van der Waals surface area (Å²) in [6.07, 6.45) is 3.84. The topological polar surface area (TPSA) is 29.3 Å². The Kier molecular flexibility index (Phi) is 7.20. The Morgan fingerprint density at radius 1 is 1.20 bits per heavy atom. The molecule has 0 aromatic rings. The van der Waals surface area contributed by atoms with Crippen LogP contribution in [0.25, 0.3) is 0 Å². The molecule has 0 aromatic carbocycles. The number of rotatable bonds is 8. The van der Waals surface area contributed by atoms with E-state index in [1.807, 2.05) is 0 Å². The second kappa shape index (κ2) is 7.24. The van der Waals surface area contributed by atoms with Gasteiger partial charge in [0.2, 0.25) is 0 Å². The average molecular weight is 214 g/mol. The van der Waals surface area contributed by atoms with Crippen LogP contribution < -0.4 is 5.73 Å². The molecule has 15 heavy (non-hydrogen) atoms. The van der Waals surface area contributed by atoms with Crippen molar-refractivity contribution in [3.05, 3.63) is 0 Å². The third kappa shape index (κ3) is 5.53. The fraction of sp³-hybridized carbons (Fsp3) is 1.00. The van der Waals surface area contributed by atoms with Crippen molar-refractivity contribution in [2.24, 2.45) is 11.1 Å². The van der Waals surface area contributed by atoms with Gasteiger partial charge < -0.3 is 10.6 Å². The van der Waals surface area contributed by atoms with E-state index in [4.69, 9.17) is 5.73 Å². The molecule has 0 spiro atoms. The fourth-order valence-electron chi connectivity index (χ4n) is 2.09. The van der Waals surface area contributed by atoms with Gasteiger partial charge in [-0.3, -0.25) is 0 Å². The summed E-state index contributed by atoms with van der Waals surface area (Å²) in [5.74, 6) is 0. The predicted octanol–water partition coefficient (Wildman–Crippen LogP) is 2.87. The first-order valence-electron chi connectivity index (χ1n) is 6.44. The van der Waals surface area contributed by atoms with Gasteiger partial charge in [0, 0.05) is 12.6 Å². The van der Waals surface area contributed by atoms with Gasteiger partial charge in [0.25, 0.3) is 0 Å². The van der Waals surface area contributed by atoms with E-state index in [1.54, 1.807) is 0 Å². The lowest BCUT2D eigenvalue weighted by molar-refractivity contribution is 0.129. The molecule has 2 nitrogen and oxygen atoms in total. The lowest BCUT2D eigenvalue weighted by atomic mass is 9.91. The molecule has 0 aromatic heterocycles. The molecule has 0 aliphatic rings. The Hall–Kier alpha value is -0.0800. The molecule has 1 atom stereocenters. The van der Waals surface area contributed by atoms with Crippen LogP contribution in [0, 0.1) is 5.41 Å². The summed E-state index contributed by atoms with van der Waals surface area (Å²) in [5.41, 5.74) is 6.05. The van der Waals surface area contributed by atoms with Crippen LogP contribution in [-0.2, 0) is 0 Å². The first-order valence-corrected chi connectivity index (χ1v) is 6.44. The molecule has 0 heterocycles. The van der Waals surface area contributed by atoms with Crippen molar-refractivity contribution in [1.82, 2.24) is 4.90 Å². The van der Waals surface area contributed by atoms with Crippen molar-refractivity contribution in [2.75, 3.05) is 19.6 Å². The Morgan fingerprint density at radius 2 is 1.80 bits per heavy atom. The zero-order valence-corrected chi connectivity index (χ0v) is 11.3. The zero-order valence-electron chi connectivity index (χ0n) is 11.3. The molecule has 0 saturated carbocycles. The lowest BCUT2D eigenvalue weighted by Crippen LogP contribution is -2.43. The molecule has 0 bridgehead atoms. The lowest BCUT2D eigenvalue weighted by Gasteiger charge is -2.36. The molecule has 0 amide bonds. The van der Waals surface area contributed by atoms with E-state index < -0.39 is 0 Å². The summed E-state index contributed by atoms with van der Waals surface area (Å²) in [5, 5.41) is 0. The Balaban J connectivity index is 4.32. The molecular formula is C13H30N2. The SMILES string of the molecule is CCCC(CC)N(CC)CC(C)(C)CN. The average Bonchev–Trinajstić information content (AvgIpc) is 2.23. The first-order chi connectivity index (χ1) is 7.00. The second-order valence-corrected chi connectivity index (χ2v) is 5.28. The predicted molar refractivity (Wildman–Crippen MR) is 69.1 cm³/mol. The highest BCUT2D eigenvalue weighted by Crippen LogP contribution is 2.19. The summed E-state index contributed by atoms with van der Waals surface area (Å²) in [4.78, 5) is 2.59. The second-order valence-electron chi connectivity index (χ2n) is 5.28. The number of hydrogen-bond donors (Lipinski definition) is 1. The van der Waals surface area contributed by atoms with E-state index in [1.165, 1.54) is 19.3 Å². The molecule has 0 aliphatic carbocycles. The van der Waals surface area contributed by atoms with E-state index in [2.05, 4.69) is 39.5 Å². The van der Waals surface area contributed by atoms with Crippen LogP contribution in [0.3, 0.4) is 0 Å². The van der Waals surface area contributed by atoms with E-state index in [9.17, 15) is 0 Å². The smallest absolute Gasteiger partial charge is 0.00926 e. The molecule has 1 unspecified atom stereocenters. The first kappa shape index (κ1) is 14.9. The molecule has 0 saturated heterocycles. The maximum atomic E-state index is 5.80. The monoisotopic (exact) mass is 214 g/mol. The van der Waals surface area contributed by atoms with E-state index >= 15 is 0 Å². The Labute approximate surface area is 96.2 Å². The van der Waals surface area contributed by atoms with Gasteiger partial charge in [0.15, 0.2) is 0 Å². The van der Waals surface area contributed by atoms with Crippen LogP contribution in [0.4, 0.5) is 0 Å². The third-order valence-electron chi connectivity index (χ3n) is 3.20. The number of nitrogens with two attached hydrogens (primary N) is 1. The molecule has 2 N–H and O–H groups in total. The molecule has 2 heteroatoms. The minimum Gasteiger partial charge on any atom is -0.330 e. The summed E-state index contributed by atoms with van der Waals surface area (Å²) in [7, 11) is 0. The van der Waals surface area contributed by atoms with Crippen LogP contribution in [0.5, 0.6) is 0 Å². The molecule has 0 aliphatic heterocycles. The minimum absolute atomic E-state index is 0.247. The highest BCUT2D eigenvalue weighted by atomic mass is 15.2. The minimum atomic E-state index is 0.247. The molecule has 0 radical (unpaired) electrons. The Bertz CT molecular complexity index is 155. The van der Waals surface area contributed by atoms with Gasteiger partial charge in [-0.25, -0.2) is 0 Å². The van der Waals surface area contributed by atoms with E-state index in [0.717, 1.165) is 25.7 Å². The standard InChI is InChI=1S/C13H30N2/c1-6-9-12(7-2)15(8-3)11-13(4,5)10-14/h12H,6-11,14H2,1-5H3. The van der Waals surface area contributed by atoms with Crippen LogP contribution in [0.2, 0.25) is 0 Å². The van der Waals surface area contributed by atoms with Crippen LogP contribution >= 0.6 is 0 Å². The van der Waals surface area contributed by atoms with Crippen molar-refractivity contribution in [3.8, 4) is 0 Å². The van der Waals surface area contributed by atoms with Crippen LogP contribution in [-0.4, -0.2) is 30.6 Å². The molecule has 0 rings (SSSR count). The van der Waals surface area contributed by atoms with Gasteiger partial charge in [-0.1, -0.05) is 41.0 Å². The summed E-state index contributed by atoms with van der Waals surface area (Å²) < 4.78 is 0. The van der Waals surface area contributed by atoms with Gasteiger partial charge in [-0.15, -0.1) is 0 Å².